The minimum atomic E-state index is -0.315. The fourth-order valence-electron chi connectivity index (χ4n) is 2.48. The molecule has 1 aliphatic heterocycles. The summed E-state index contributed by atoms with van der Waals surface area (Å²) >= 11 is 7.13. The van der Waals surface area contributed by atoms with Crippen LogP contribution in [0.5, 0.6) is 0 Å². The normalized spacial score (nSPS) is 29.0. The molecule has 0 unspecified atom stereocenters. The number of benzene rings is 1. The molecule has 0 N–H and O–H groups in total. The molecule has 1 aliphatic carbocycles. The molecule has 0 aromatic heterocycles. The third-order valence-corrected chi connectivity index (χ3v) is 6.17. The highest BCUT2D eigenvalue weighted by Gasteiger charge is 2.67. The molecule has 1 amide bonds. The zero-order valence-corrected chi connectivity index (χ0v) is 12.7. The average molecular weight is 359 g/mol. The van der Waals surface area contributed by atoms with Crippen molar-refractivity contribution in [2.75, 3.05) is 11.4 Å². The second-order valence-electron chi connectivity index (χ2n) is 5.05. The third-order valence-electron chi connectivity index (χ3n) is 3.86. The van der Waals surface area contributed by atoms with Gasteiger partial charge in [0.25, 0.3) is 0 Å². The lowest BCUT2D eigenvalue weighted by Crippen LogP contribution is -2.36. The van der Waals surface area contributed by atoms with Gasteiger partial charge in [-0.2, -0.15) is 0 Å². The lowest BCUT2D eigenvalue weighted by Gasteiger charge is -2.22. The van der Waals surface area contributed by atoms with Crippen LogP contribution in [0, 0.1) is 5.41 Å². The number of alkyl halides is 2. The Labute approximate surface area is 118 Å². The predicted octanol–water partition coefficient (Wildman–Crippen LogP) is 3.47. The quantitative estimate of drug-likeness (QED) is 0.704. The summed E-state index contributed by atoms with van der Waals surface area (Å²) in [6.45, 7) is 2.82. The maximum absolute atomic E-state index is 12.6. The summed E-state index contributed by atoms with van der Waals surface area (Å²) in [5.74, 6) is 0.219. The highest BCUT2D eigenvalue weighted by molar-refractivity contribution is 9.25. The molecule has 1 atom stereocenters. The molecule has 1 aromatic rings. The fourth-order valence-corrected chi connectivity index (χ4v) is 3.94. The molecule has 1 aromatic carbocycles. The van der Waals surface area contributed by atoms with Gasteiger partial charge in [0, 0.05) is 12.2 Å². The van der Waals surface area contributed by atoms with Gasteiger partial charge in [-0.3, -0.25) is 4.79 Å². The van der Waals surface area contributed by atoms with Crippen molar-refractivity contribution in [3.63, 3.8) is 0 Å². The first-order chi connectivity index (χ1) is 7.96. The minimum absolute atomic E-state index is 0.207. The fraction of sp³-hybridized carbons (Fsp3) is 0.462. The number of nitrogens with zero attached hydrogens (tertiary/aromatic N) is 1. The molecular formula is C13H13Br2NO. The van der Waals surface area contributed by atoms with Crippen molar-refractivity contribution in [1.29, 1.82) is 0 Å². The molecule has 2 aliphatic rings. The molecule has 0 radical (unpaired) electrons. The van der Waals surface area contributed by atoms with E-state index >= 15 is 0 Å². The molecule has 1 heterocycles. The van der Waals surface area contributed by atoms with E-state index in [9.17, 15) is 4.79 Å². The Morgan fingerprint density at radius 1 is 1.35 bits per heavy atom. The van der Waals surface area contributed by atoms with Gasteiger partial charge in [0.2, 0.25) is 5.91 Å². The van der Waals surface area contributed by atoms with Gasteiger partial charge in [0.05, 0.1) is 8.65 Å². The Morgan fingerprint density at radius 2 is 2.00 bits per heavy atom. The van der Waals surface area contributed by atoms with Crippen LogP contribution in [-0.4, -0.2) is 15.7 Å². The molecule has 0 bridgehead atoms. The first kappa shape index (κ1) is 11.7. The van der Waals surface area contributed by atoms with Crippen LogP contribution >= 0.6 is 31.9 Å². The molecule has 2 nitrogen and oxygen atoms in total. The lowest BCUT2D eigenvalue weighted by atomic mass is 10.1. The number of amides is 1. The molecular weight excluding hydrogens is 346 g/mol. The van der Waals surface area contributed by atoms with Gasteiger partial charge in [0.1, 0.15) is 0 Å². The molecule has 0 spiro atoms. The van der Waals surface area contributed by atoms with E-state index in [1.54, 1.807) is 0 Å². The van der Waals surface area contributed by atoms with Crippen molar-refractivity contribution in [2.45, 2.75) is 23.0 Å². The number of carbonyl (C=O) groups excluding carboxylic acids is 1. The zero-order chi connectivity index (χ0) is 12.3. The molecule has 1 fully saturated rings. The topological polar surface area (TPSA) is 20.3 Å². The summed E-state index contributed by atoms with van der Waals surface area (Å²) in [4.78, 5) is 14.5. The smallest absolute Gasteiger partial charge is 0.235 e. The molecule has 4 heteroatoms. The summed E-state index contributed by atoms with van der Waals surface area (Å²) in [6.07, 6.45) is 1.81. The van der Waals surface area contributed by atoms with Crippen LogP contribution < -0.4 is 4.90 Å². The van der Waals surface area contributed by atoms with Crippen molar-refractivity contribution in [1.82, 2.24) is 0 Å². The maximum atomic E-state index is 12.6. The van der Waals surface area contributed by atoms with Crippen LogP contribution in [0.25, 0.3) is 0 Å². The number of carbonyl (C=O) groups is 1. The van der Waals surface area contributed by atoms with Crippen molar-refractivity contribution in [3.05, 3.63) is 29.8 Å². The second-order valence-corrected chi connectivity index (χ2v) is 8.82. The van der Waals surface area contributed by atoms with Gasteiger partial charge in [0.15, 0.2) is 0 Å². The van der Waals surface area contributed by atoms with E-state index in [1.807, 2.05) is 30.0 Å². The largest absolute Gasteiger partial charge is 0.311 e. The van der Waals surface area contributed by atoms with Crippen LogP contribution in [-0.2, 0) is 11.2 Å². The highest BCUT2D eigenvalue weighted by atomic mass is 79.9. The Hall–Kier alpha value is -0.350. The number of halogens is 2. The van der Waals surface area contributed by atoms with E-state index < -0.39 is 0 Å². The van der Waals surface area contributed by atoms with E-state index in [1.165, 1.54) is 5.56 Å². The van der Waals surface area contributed by atoms with Gasteiger partial charge in [-0.05, 0) is 31.4 Å². The Balaban J connectivity index is 1.91. The van der Waals surface area contributed by atoms with Crippen molar-refractivity contribution in [2.24, 2.45) is 5.41 Å². The molecule has 0 saturated heterocycles. The first-order valence-electron chi connectivity index (χ1n) is 5.73. The van der Waals surface area contributed by atoms with Gasteiger partial charge < -0.3 is 4.90 Å². The van der Waals surface area contributed by atoms with Crippen LogP contribution in [0.4, 0.5) is 5.69 Å². The Kier molecular flexibility index (Phi) is 2.47. The van der Waals surface area contributed by atoms with Gasteiger partial charge in [-0.1, -0.05) is 50.1 Å². The van der Waals surface area contributed by atoms with Crippen LogP contribution in [0.15, 0.2) is 24.3 Å². The SMILES string of the molecule is C[C@@]1(C(=O)N2CCc3ccccc32)CC1(Br)Br. The number of rotatable bonds is 1. The standard InChI is InChI=1S/C13H13Br2NO/c1-12(8-13(12,14)15)11(17)16-7-6-9-4-2-3-5-10(9)16/h2-5H,6-8H2,1H3/t12-/m0/s1. The minimum Gasteiger partial charge on any atom is -0.311 e. The maximum Gasteiger partial charge on any atom is 0.235 e. The Bertz CT molecular complexity index is 500. The number of hydrogen-bond donors (Lipinski definition) is 0. The van der Waals surface area contributed by atoms with Crippen molar-refractivity contribution < 1.29 is 4.79 Å². The van der Waals surface area contributed by atoms with E-state index in [0.29, 0.717) is 0 Å². The van der Waals surface area contributed by atoms with Crippen LogP contribution in [0.2, 0.25) is 0 Å². The van der Waals surface area contributed by atoms with Gasteiger partial charge >= 0.3 is 0 Å². The summed E-state index contributed by atoms with van der Waals surface area (Å²) < 4.78 is -0.207. The second kappa shape index (κ2) is 3.58. The van der Waals surface area contributed by atoms with E-state index in [-0.39, 0.29) is 14.6 Å². The number of anilines is 1. The highest BCUT2D eigenvalue weighted by Crippen LogP contribution is 2.67. The number of para-hydroxylation sites is 1. The Morgan fingerprint density at radius 3 is 2.65 bits per heavy atom. The van der Waals surface area contributed by atoms with Crippen molar-refractivity contribution >= 4 is 43.5 Å². The number of fused-ring (bicyclic) bond motifs is 1. The molecule has 90 valence electrons. The first-order valence-corrected chi connectivity index (χ1v) is 7.32. The molecule has 17 heavy (non-hydrogen) atoms. The zero-order valence-electron chi connectivity index (χ0n) is 9.54. The van der Waals surface area contributed by atoms with E-state index in [0.717, 1.165) is 25.1 Å². The average Bonchev–Trinajstić information content (AvgIpc) is 2.67. The summed E-state index contributed by atoms with van der Waals surface area (Å²) in [7, 11) is 0. The van der Waals surface area contributed by atoms with Crippen LogP contribution in [0.3, 0.4) is 0 Å². The molecule has 3 rings (SSSR count). The number of hydrogen-bond acceptors (Lipinski definition) is 1. The van der Waals surface area contributed by atoms with Crippen molar-refractivity contribution in [3.8, 4) is 0 Å². The summed E-state index contributed by atoms with van der Waals surface area (Å²) in [6, 6.07) is 8.17. The molecule has 1 saturated carbocycles. The van der Waals surface area contributed by atoms with Crippen LogP contribution in [0.1, 0.15) is 18.9 Å². The van der Waals surface area contributed by atoms with E-state index in [4.69, 9.17) is 0 Å². The lowest BCUT2D eigenvalue weighted by molar-refractivity contribution is -0.122. The predicted molar refractivity (Wildman–Crippen MR) is 75.8 cm³/mol. The van der Waals surface area contributed by atoms with Gasteiger partial charge in [-0.15, -0.1) is 0 Å². The van der Waals surface area contributed by atoms with E-state index in [2.05, 4.69) is 37.9 Å². The van der Waals surface area contributed by atoms with Gasteiger partial charge in [-0.25, -0.2) is 0 Å². The monoisotopic (exact) mass is 357 g/mol. The summed E-state index contributed by atoms with van der Waals surface area (Å²) in [5, 5.41) is 0. The summed E-state index contributed by atoms with van der Waals surface area (Å²) in [5.41, 5.74) is 2.05. The third kappa shape index (κ3) is 1.60.